The molecule has 0 bridgehead atoms. The van der Waals surface area contributed by atoms with E-state index in [1.807, 2.05) is 37.4 Å². The molecule has 2 nitrogen and oxygen atoms in total. The van der Waals surface area contributed by atoms with Crippen LogP contribution in [0.4, 0.5) is 5.69 Å². The zero-order chi connectivity index (χ0) is 16.2. The molecule has 0 saturated heterocycles. The number of para-hydroxylation sites is 2. The van der Waals surface area contributed by atoms with E-state index in [0.717, 1.165) is 28.7 Å². The Morgan fingerprint density at radius 2 is 1.74 bits per heavy atom. The molecule has 0 aliphatic heterocycles. The van der Waals surface area contributed by atoms with Gasteiger partial charge in [0, 0.05) is 17.0 Å². The molecule has 3 aromatic rings. The van der Waals surface area contributed by atoms with Crippen molar-refractivity contribution in [2.24, 2.45) is 5.92 Å². The Morgan fingerprint density at radius 3 is 2.48 bits per heavy atom. The van der Waals surface area contributed by atoms with Crippen molar-refractivity contribution >= 4 is 27.6 Å². The van der Waals surface area contributed by atoms with E-state index in [1.54, 1.807) is 0 Å². The summed E-state index contributed by atoms with van der Waals surface area (Å²) >= 11 is 0. The zero-order valence-corrected chi connectivity index (χ0v) is 14.0. The molecule has 0 aliphatic carbocycles. The van der Waals surface area contributed by atoms with Crippen molar-refractivity contribution in [2.45, 2.75) is 27.2 Å². The monoisotopic (exact) mass is 305 g/mol. The highest BCUT2D eigenvalue weighted by molar-refractivity contribution is 6.09. The van der Waals surface area contributed by atoms with Crippen LogP contribution in [-0.2, 0) is 6.42 Å². The third kappa shape index (κ3) is 3.16. The summed E-state index contributed by atoms with van der Waals surface area (Å²) in [4.78, 5) is 0. The van der Waals surface area contributed by atoms with Gasteiger partial charge in [-0.05, 0) is 37.0 Å². The summed E-state index contributed by atoms with van der Waals surface area (Å²) in [6, 6.07) is 12.7. The van der Waals surface area contributed by atoms with Crippen LogP contribution in [0.25, 0.3) is 21.9 Å². The molecule has 0 aliphatic rings. The second-order valence-corrected chi connectivity index (χ2v) is 6.21. The maximum Gasteiger partial charge on any atom is 0.158 e. The summed E-state index contributed by atoms with van der Waals surface area (Å²) in [5, 5.41) is 5.67. The number of rotatable bonds is 5. The van der Waals surface area contributed by atoms with Crippen LogP contribution < -0.4 is 5.32 Å². The van der Waals surface area contributed by atoms with Gasteiger partial charge in [0.2, 0.25) is 0 Å². The lowest BCUT2D eigenvalue weighted by Crippen LogP contribution is -1.93. The first kappa shape index (κ1) is 15.4. The van der Waals surface area contributed by atoms with Crippen molar-refractivity contribution in [1.82, 2.24) is 0 Å². The van der Waals surface area contributed by atoms with Crippen LogP contribution in [0.15, 0.2) is 65.2 Å². The number of anilines is 1. The van der Waals surface area contributed by atoms with Gasteiger partial charge in [-0.2, -0.15) is 0 Å². The largest absolute Gasteiger partial charge is 0.454 e. The Hall–Kier alpha value is -2.48. The number of benzene rings is 2. The Bertz CT molecular complexity index is 868. The van der Waals surface area contributed by atoms with E-state index in [1.165, 1.54) is 10.9 Å². The standard InChI is InChI=1S/C21H23NO/c1-4-5-6-13-22-19-12-8-11-18-17-10-7-9-16(14-15(2)3)20(17)23-21(18)19/h4-13,15,22H,14H2,1-3H3/b5-4-,13-6-. The van der Waals surface area contributed by atoms with Gasteiger partial charge in [0.25, 0.3) is 0 Å². The molecule has 0 radical (unpaired) electrons. The number of fused-ring (bicyclic) bond motifs is 3. The van der Waals surface area contributed by atoms with Gasteiger partial charge in [0.15, 0.2) is 5.58 Å². The predicted molar refractivity (Wildman–Crippen MR) is 99.8 cm³/mol. The van der Waals surface area contributed by atoms with Crippen LogP contribution in [0.3, 0.4) is 0 Å². The van der Waals surface area contributed by atoms with Gasteiger partial charge >= 0.3 is 0 Å². The second-order valence-electron chi connectivity index (χ2n) is 6.21. The Balaban J connectivity index is 2.11. The molecule has 0 fully saturated rings. The topological polar surface area (TPSA) is 25.2 Å². The number of furan rings is 1. The number of hydrogen-bond donors (Lipinski definition) is 1. The number of hydrogen-bond acceptors (Lipinski definition) is 2. The Labute approximate surface area is 137 Å². The van der Waals surface area contributed by atoms with Crippen LogP contribution in [-0.4, -0.2) is 0 Å². The molecule has 0 unspecified atom stereocenters. The molecule has 0 saturated carbocycles. The quantitative estimate of drug-likeness (QED) is 0.561. The first-order valence-corrected chi connectivity index (χ1v) is 8.18. The highest BCUT2D eigenvalue weighted by Gasteiger charge is 2.13. The van der Waals surface area contributed by atoms with Gasteiger partial charge in [-0.1, -0.05) is 56.3 Å². The highest BCUT2D eigenvalue weighted by Crippen LogP contribution is 2.35. The molecular formula is C21H23NO. The van der Waals surface area contributed by atoms with E-state index in [2.05, 4.69) is 49.5 Å². The second kappa shape index (κ2) is 6.74. The van der Waals surface area contributed by atoms with Gasteiger partial charge in [0.1, 0.15) is 5.58 Å². The molecule has 2 aromatic carbocycles. The van der Waals surface area contributed by atoms with Gasteiger partial charge in [-0.25, -0.2) is 0 Å². The third-order valence-corrected chi connectivity index (χ3v) is 3.87. The zero-order valence-electron chi connectivity index (χ0n) is 14.0. The number of allylic oxidation sites excluding steroid dienone is 3. The fourth-order valence-corrected chi connectivity index (χ4v) is 2.90. The fraction of sp³-hybridized carbons (Fsp3) is 0.238. The lowest BCUT2D eigenvalue weighted by Gasteiger charge is -2.04. The molecule has 0 atom stereocenters. The molecule has 0 amide bonds. The highest BCUT2D eigenvalue weighted by atomic mass is 16.3. The van der Waals surface area contributed by atoms with Crippen LogP contribution in [0, 0.1) is 5.92 Å². The molecule has 3 rings (SSSR count). The van der Waals surface area contributed by atoms with Crippen molar-refractivity contribution < 1.29 is 4.42 Å². The first-order valence-electron chi connectivity index (χ1n) is 8.18. The summed E-state index contributed by atoms with van der Waals surface area (Å²) in [5.74, 6) is 0.607. The average molecular weight is 305 g/mol. The average Bonchev–Trinajstić information content (AvgIpc) is 2.92. The van der Waals surface area contributed by atoms with Crippen LogP contribution in [0.1, 0.15) is 26.3 Å². The van der Waals surface area contributed by atoms with Gasteiger partial charge < -0.3 is 9.73 Å². The minimum Gasteiger partial charge on any atom is -0.454 e. The fourth-order valence-electron chi connectivity index (χ4n) is 2.90. The lowest BCUT2D eigenvalue weighted by molar-refractivity contribution is 0.624. The summed E-state index contributed by atoms with van der Waals surface area (Å²) < 4.78 is 6.26. The normalized spacial score (nSPS) is 12.3. The molecule has 118 valence electrons. The minimum atomic E-state index is 0.607. The van der Waals surface area contributed by atoms with E-state index in [0.29, 0.717) is 5.92 Å². The van der Waals surface area contributed by atoms with Crippen molar-refractivity contribution in [3.05, 3.63) is 66.4 Å². The van der Waals surface area contributed by atoms with E-state index >= 15 is 0 Å². The summed E-state index contributed by atoms with van der Waals surface area (Å²) in [5.41, 5.74) is 4.21. The van der Waals surface area contributed by atoms with E-state index in [-0.39, 0.29) is 0 Å². The molecule has 1 aromatic heterocycles. The van der Waals surface area contributed by atoms with Crippen LogP contribution in [0.2, 0.25) is 0 Å². The van der Waals surface area contributed by atoms with Crippen LogP contribution in [0.5, 0.6) is 0 Å². The summed E-state index contributed by atoms with van der Waals surface area (Å²) in [7, 11) is 0. The van der Waals surface area contributed by atoms with Gasteiger partial charge in [-0.15, -0.1) is 0 Å². The number of nitrogens with one attached hydrogen (secondary N) is 1. The molecule has 2 heteroatoms. The Morgan fingerprint density at radius 1 is 1.00 bits per heavy atom. The summed E-state index contributed by atoms with van der Waals surface area (Å²) in [6.07, 6.45) is 8.93. The van der Waals surface area contributed by atoms with E-state index in [9.17, 15) is 0 Å². The van der Waals surface area contributed by atoms with Crippen molar-refractivity contribution in [3.63, 3.8) is 0 Å². The van der Waals surface area contributed by atoms with Crippen LogP contribution >= 0.6 is 0 Å². The first-order chi connectivity index (χ1) is 11.2. The van der Waals surface area contributed by atoms with Gasteiger partial charge in [-0.3, -0.25) is 0 Å². The van der Waals surface area contributed by atoms with Crippen molar-refractivity contribution in [3.8, 4) is 0 Å². The maximum atomic E-state index is 6.26. The smallest absolute Gasteiger partial charge is 0.158 e. The molecule has 1 heterocycles. The molecule has 1 N–H and O–H groups in total. The van der Waals surface area contributed by atoms with Crippen molar-refractivity contribution in [1.29, 1.82) is 0 Å². The summed E-state index contributed by atoms with van der Waals surface area (Å²) in [6.45, 7) is 6.47. The van der Waals surface area contributed by atoms with E-state index in [4.69, 9.17) is 4.42 Å². The minimum absolute atomic E-state index is 0.607. The van der Waals surface area contributed by atoms with Crippen molar-refractivity contribution in [2.75, 3.05) is 5.32 Å². The molecule has 23 heavy (non-hydrogen) atoms. The van der Waals surface area contributed by atoms with E-state index < -0.39 is 0 Å². The predicted octanol–water partition coefficient (Wildman–Crippen LogP) is 6.29. The lowest BCUT2D eigenvalue weighted by atomic mass is 10.0. The molecular weight excluding hydrogens is 282 g/mol. The SMILES string of the molecule is C/C=C\C=C/Nc1cccc2c1oc1c(CC(C)C)cccc12. The Kier molecular flexibility index (Phi) is 4.52. The van der Waals surface area contributed by atoms with Gasteiger partial charge in [0.05, 0.1) is 5.69 Å². The maximum absolute atomic E-state index is 6.26. The molecule has 0 spiro atoms. The third-order valence-electron chi connectivity index (χ3n) is 3.87.